The van der Waals surface area contributed by atoms with Crippen molar-refractivity contribution in [2.24, 2.45) is 0 Å². The number of thiol groups is 1. The Balaban J connectivity index is 3.36. The summed E-state index contributed by atoms with van der Waals surface area (Å²) >= 11 is 3.79. The summed E-state index contributed by atoms with van der Waals surface area (Å²) in [4.78, 5) is 0. The lowest BCUT2D eigenvalue weighted by Gasteiger charge is -2.13. The molecule has 5 heteroatoms. The van der Waals surface area contributed by atoms with E-state index in [0.717, 1.165) is 17.7 Å². The number of hydrogen-bond donors (Lipinski definition) is 1. The zero-order valence-corrected chi connectivity index (χ0v) is 7.52. The van der Waals surface area contributed by atoms with Gasteiger partial charge in [0.2, 0.25) is 0 Å². The van der Waals surface area contributed by atoms with Gasteiger partial charge >= 0.3 is 0 Å². The summed E-state index contributed by atoms with van der Waals surface area (Å²) in [7, 11) is 1.10. The first kappa shape index (κ1) is 10.5. The van der Waals surface area contributed by atoms with E-state index in [9.17, 15) is 8.78 Å². The van der Waals surface area contributed by atoms with Gasteiger partial charge in [-0.25, -0.2) is 8.78 Å². The van der Waals surface area contributed by atoms with Crippen molar-refractivity contribution in [1.29, 1.82) is 0 Å². The summed E-state index contributed by atoms with van der Waals surface area (Å²) in [6.07, 6.45) is 0. The molecule has 0 amide bonds. The van der Waals surface area contributed by atoms with E-state index in [4.69, 9.17) is 4.74 Å². The topological polar surface area (TPSA) is 9.23 Å². The zero-order chi connectivity index (χ0) is 8.20. The summed E-state index contributed by atoms with van der Waals surface area (Å²) in [5, 5.41) is 0. The molecule has 1 nitrogen and oxygen atoms in total. The van der Waals surface area contributed by atoms with Crippen LogP contribution < -0.4 is 0 Å². The lowest BCUT2D eigenvalue weighted by molar-refractivity contribution is -0.0657. The molecular formula is C5H10F2OS2. The minimum Gasteiger partial charge on any atom is -0.361 e. The summed E-state index contributed by atoms with van der Waals surface area (Å²) in [5.41, 5.74) is -0.283. The lowest BCUT2D eigenvalue weighted by atomic mass is 10.4. The first-order valence-electron chi connectivity index (χ1n) is 2.75. The Morgan fingerprint density at radius 2 is 2.20 bits per heavy atom. The van der Waals surface area contributed by atoms with Gasteiger partial charge in [-0.2, -0.15) is 0 Å². The molecule has 0 radical (unpaired) electrons. The van der Waals surface area contributed by atoms with Gasteiger partial charge in [0.25, 0.3) is 5.92 Å². The summed E-state index contributed by atoms with van der Waals surface area (Å²) in [5.74, 6) is -2.74. The minimum absolute atomic E-state index is 0.283. The van der Waals surface area contributed by atoms with Gasteiger partial charge in [0.15, 0.2) is 0 Å². The first-order valence-corrected chi connectivity index (χ1v) is 4.68. The van der Waals surface area contributed by atoms with E-state index < -0.39 is 12.5 Å². The number of hydrogen-bond acceptors (Lipinski definition) is 3. The molecule has 0 fully saturated rings. The zero-order valence-electron chi connectivity index (χ0n) is 5.80. The molecule has 0 aromatic carbocycles. The largest absolute Gasteiger partial charge is 0.361 e. The highest BCUT2D eigenvalue weighted by Gasteiger charge is 2.22. The Kier molecular flexibility index (Phi) is 4.64. The third-order valence-electron chi connectivity index (χ3n) is 0.720. The van der Waals surface area contributed by atoms with Crippen molar-refractivity contribution >= 4 is 22.5 Å². The average Bonchev–Trinajstić information content (AvgIpc) is 1.81. The smallest absolute Gasteiger partial charge is 0.268 e. The first-order chi connectivity index (χ1) is 4.45. The lowest BCUT2D eigenvalue weighted by Crippen LogP contribution is -2.21. The van der Waals surface area contributed by atoms with Crippen LogP contribution in [0.5, 0.6) is 0 Å². The molecule has 0 aromatic rings. The van der Waals surface area contributed by atoms with Crippen LogP contribution in [0.15, 0.2) is 0 Å². The fraction of sp³-hybridized carbons (Fsp3) is 1.00. The van der Waals surface area contributed by atoms with Crippen LogP contribution in [0, 0.1) is 0 Å². The third kappa shape index (κ3) is 6.64. The Morgan fingerprint density at radius 1 is 1.70 bits per heavy atom. The molecule has 0 heterocycles. The fourth-order valence-corrected chi connectivity index (χ4v) is 0.606. The normalized spacial score (nSPS) is 15.3. The van der Waals surface area contributed by atoms with Crippen LogP contribution in [-0.4, -0.2) is 18.0 Å². The van der Waals surface area contributed by atoms with Gasteiger partial charge < -0.3 is 4.74 Å². The maximum atomic E-state index is 12.1. The van der Waals surface area contributed by atoms with Crippen LogP contribution in [0.3, 0.4) is 0 Å². The molecule has 0 aliphatic rings. The van der Waals surface area contributed by atoms with Crippen LogP contribution in [0.2, 0.25) is 0 Å². The monoisotopic (exact) mass is 188 g/mol. The van der Waals surface area contributed by atoms with E-state index in [1.807, 2.05) is 0 Å². The average molecular weight is 188 g/mol. The van der Waals surface area contributed by atoms with Crippen LogP contribution in [-0.2, 0) is 4.74 Å². The van der Waals surface area contributed by atoms with Crippen molar-refractivity contribution in [1.82, 2.24) is 0 Å². The van der Waals surface area contributed by atoms with Gasteiger partial charge in [0, 0.05) is 6.92 Å². The quantitative estimate of drug-likeness (QED) is 0.412. The highest BCUT2D eigenvalue weighted by molar-refractivity contribution is 8.68. The molecule has 1 atom stereocenters. The molecule has 0 aliphatic carbocycles. The van der Waals surface area contributed by atoms with E-state index in [1.54, 1.807) is 6.92 Å². The Morgan fingerprint density at radius 3 is 2.50 bits per heavy atom. The van der Waals surface area contributed by atoms with Gasteiger partial charge in [-0.3, -0.25) is 0 Å². The second-order valence-electron chi connectivity index (χ2n) is 2.05. The standard InChI is InChI=1S/C5H10F2OS2/c1-4(10-9)8-3-5(2,6)7/h4,9H,3H2,1-2H3. The molecular weight excluding hydrogens is 178 g/mol. The Hall–Kier alpha value is 0.520. The molecule has 0 aromatic heterocycles. The predicted octanol–water partition coefficient (Wildman–Crippen LogP) is 2.58. The van der Waals surface area contributed by atoms with E-state index in [-0.39, 0.29) is 5.44 Å². The maximum absolute atomic E-state index is 12.1. The maximum Gasteiger partial charge on any atom is 0.268 e. The molecule has 0 saturated carbocycles. The highest BCUT2D eigenvalue weighted by Crippen LogP contribution is 2.19. The summed E-state index contributed by atoms with van der Waals surface area (Å²) in [6.45, 7) is 1.95. The van der Waals surface area contributed by atoms with E-state index >= 15 is 0 Å². The molecule has 0 aliphatic heterocycles. The molecule has 0 spiro atoms. The molecule has 0 saturated heterocycles. The van der Waals surface area contributed by atoms with Gasteiger partial charge in [-0.1, -0.05) is 10.8 Å². The fourth-order valence-electron chi connectivity index (χ4n) is 0.294. The molecule has 10 heavy (non-hydrogen) atoms. The Labute approximate surface area is 68.3 Å². The van der Waals surface area contributed by atoms with E-state index in [0.29, 0.717) is 0 Å². The number of ether oxygens (including phenoxy) is 1. The molecule has 0 bridgehead atoms. The van der Waals surface area contributed by atoms with Crippen molar-refractivity contribution < 1.29 is 13.5 Å². The Bertz CT molecular complexity index is 94.1. The number of alkyl halides is 2. The number of rotatable bonds is 4. The minimum atomic E-state index is -2.74. The predicted molar refractivity (Wildman–Crippen MR) is 42.6 cm³/mol. The molecule has 62 valence electrons. The third-order valence-corrected chi connectivity index (χ3v) is 2.04. The second-order valence-corrected chi connectivity index (χ2v) is 3.56. The highest BCUT2D eigenvalue weighted by atomic mass is 33.1. The molecule has 0 rings (SSSR count). The van der Waals surface area contributed by atoms with E-state index in [1.165, 1.54) is 0 Å². The van der Waals surface area contributed by atoms with Crippen LogP contribution in [0.4, 0.5) is 8.78 Å². The van der Waals surface area contributed by atoms with Crippen molar-refractivity contribution in [3.8, 4) is 0 Å². The van der Waals surface area contributed by atoms with Crippen LogP contribution >= 0.6 is 22.5 Å². The van der Waals surface area contributed by atoms with Crippen LogP contribution in [0.25, 0.3) is 0 Å². The van der Waals surface area contributed by atoms with Gasteiger partial charge in [0.05, 0.1) is 0 Å². The summed E-state index contributed by atoms with van der Waals surface area (Å²) in [6, 6.07) is 0. The van der Waals surface area contributed by atoms with Gasteiger partial charge in [-0.05, 0) is 6.92 Å². The van der Waals surface area contributed by atoms with Crippen molar-refractivity contribution in [2.45, 2.75) is 25.2 Å². The molecule has 0 N–H and O–H groups in total. The number of halogens is 2. The van der Waals surface area contributed by atoms with Gasteiger partial charge in [0.1, 0.15) is 12.0 Å². The summed E-state index contributed by atoms with van der Waals surface area (Å²) < 4.78 is 28.8. The SMILES string of the molecule is CC(OCC(C)(F)F)SS. The van der Waals surface area contributed by atoms with Crippen molar-refractivity contribution in [2.75, 3.05) is 6.61 Å². The van der Waals surface area contributed by atoms with Gasteiger partial charge in [-0.15, -0.1) is 11.7 Å². The molecule has 1 unspecified atom stereocenters. The van der Waals surface area contributed by atoms with Crippen LogP contribution in [0.1, 0.15) is 13.8 Å². The van der Waals surface area contributed by atoms with Crippen molar-refractivity contribution in [3.05, 3.63) is 0 Å². The second kappa shape index (κ2) is 4.41. The van der Waals surface area contributed by atoms with E-state index in [2.05, 4.69) is 11.7 Å². The van der Waals surface area contributed by atoms with Crippen molar-refractivity contribution in [3.63, 3.8) is 0 Å².